The van der Waals surface area contributed by atoms with Crippen LogP contribution >= 0.6 is 0 Å². The van der Waals surface area contributed by atoms with Crippen molar-refractivity contribution in [1.82, 2.24) is 0 Å². The van der Waals surface area contributed by atoms with Crippen molar-refractivity contribution in [3.63, 3.8) is 0 Å². The molecular formula is C7H13ClHg. The Bertz CT molecular complexity index is 71.5. The second-order valence-electron chi connectivity index (χ2n) is 2.80. The van der Waals surface area contributed by atoms with Crippen molar-refractivity contribution < 1.29 is 40.1 Å². The van der Waals surface area contributed by atoms with Crippen LogP contribution in [0, 0.1) is 11.5 Å². The smallest absolute Gasteiger partial charge is 1.00 e. The van der Waals surface area contributed by atoms with E-state index < -0.39 is 0 Å². The molecule has 2 radical (unpaired) electrons. The normalized spacial score (nSPS) is 10.2. The molecule has 0 rings (SSSR count). The van der Waals surface area contributed by atoms with Gasteiger partial charge in [0.05, 0.1) is 0 Å². The molecule has 0 bridgehead atoms. The molecule has 0 spiro atoms. The Hall–Kier alpha value is 0.965. The maximum absolute atomic E-state index is 2.98. The molecule has 50 valence electrons. The SMILES string of the molecule is C[C]=CC(C)(C)C.[Cl-].[Hg+]. The van der Waals surface area contributed by atoms with Gasteiger partial charge < -0.3 is 12.4 Å². The maximum atomic E-state index is 2.98. The summed E-state index contributed by atoms with van der Waals surface area (Å²) in [6, 6.07) is 0. The molecule has 0 N–H and O–H groups in total. The van der Waals surface area contributed by atoms with Crippen molar-refractivity contribution in [2.75, 3.05) is 0 Å². The molecule has 0 aliphatic heterocycles. The summed E-state index contributed by atoms with van der Waals surface area (Å²) in [6.45, 7) is 8.39. The Morgan fingerprint density at radius 3 is 1.56 bits per heavy atom. The zero-order chi connectivity index (χ0) is 5.91. The largest absolute Gasteiger partial charge is 1.00 e. The molecular weight excluding hydrogens is 320 g/mol. The van der Waals surface area contributed by atoms with Gasteiger partial charge in [-0.2, -0.15) is 0 Å². The second kappa shape index (κ2) is 7.08. The number of halogens is 1. The fourth-order valence-corrected chi connectivity index (χ4v) is 0.433. The van der Waals surface area contributed by atoms with Gasteiger partial charge in [-0.25, -0.2) is 0 Å². The van der Waals surface area contributed by atoms with Crippen LogP contribution in [0.25, 0.3) is 0 Å². The molecule has 0 unspecified atom stereocenters. The molecule has 9 heavy (non-hydrogen) atoms. The van der Waals surface area contributed by atoms with Crippen molar-refractivity contribution in [3.05, 3.63) is 12.2 Å². The van der Waals surface area contributed by atoms with E-state index in [1.54, 1.807) is 0 Å². The predicted octanol–water partition coefficient (Wildman–Crippen LogP) is -0.587. The fourth-order valence-electron chi connectivity index (χ4n) is 0.433. The van der Waals surface area contributed by atoms with Gasteiger partial charge in [0.15, 0.2) is 0 Å². The molecule has 0 amide bonds. The van der Waals surface area contributed by atoms with E-state index in [1.165, 1.54) is 0 Å². The van der Waals surface area contributed by atoms with E-state index in [2.05, 4.69) is 32.9 Å². The van der Waals surface area contributed by atoms with Crippen LogP contribution in [0.4, 0.5) is 0 Å². The Morgan fingerprint density at radius 1 is 1.22 bits per heavy atom. The predicted molar refractivity (Wildman–Crippen MR) is 32.9 cm³/mol. The van der Waals surface area contributed by atoms with Crippen LogP contribution in [0.5, 0.6) is 0 Å². The molecule has 0 aromatic rings. The van der Waals surface area contributed by atoms with E-state index >= 15 is 0 Å². The summed E-state index contributed by atoms with van der Waals surface area (Å²) in [5.41, 5.74) is 0.314. The van der Waals surface area contributed by atoms with Gasteiger partial charge in [0.2, 0.25) is 0 Å². The Kier molecular flexibility index (Phi) is 13.0. The Labute approximate surface area is 85.0 Å². The molecule has 0 aromatic carbocycles. The van der Waals surface area contributed by atoms with E-state index in [9.17, 15) is 0 Å². The quantitative estimate of drug-likeness (QED) is 0.520. The van der Waals surface area contributed by atoms with Crippen LogP contribution in [0.2, 0.25) is 0 Å². The van der Waals surface area contributed by atoms with E-state index in [1.807, 2.05) is 6.92 Å². The molecule has 0 aliphatic rings. The zero-order valence-electron chi connectivity index (χ0n) is 6.66. The zero-order valence-corrected chi connectivity index (χ0v) is 12.9. The number of allylic oxidation sites excluding steroid dienone is 2. The minimum absolute atomic E-state index is 0. The monoisotopic (exact) mass is 334 g/mol. The van der Waals surface area contributed by atoms with E-state index in [-0.39, 0.29) is 40.1 Å². The van der Waals surface area contributed by atoms with Crippen molar-refractivity contribution >= 4 is 0 Å². The third-order valence-electron chi connectivity index (χ3n) is 0.577. The fraction of sp³-hybridized carbons (Fsp3) is 0.714. The molecule has 0 saturated heterocycles. The first-order chi connectivity index (χ1) is 3.06. The first-order valence-corrected chi connectivity index (χ1v) is 2.58. The summed E-state index contributed by atoms with van der Waals surface area (Å²) >= 11 is 0. The Morgan fingerprint density at radius 2 is 1.56 bits per heavy atom. The molecule has 0 nitrogen and oxygen atoms in total. The average molecular weight is 333 g/mol. The summed E-state index contributed by atoms with van der Waals surface area (Å²) in [4.78, 5) is 0. The summed E-state index contributed by atoms with van der Waals surface area (Å²) in [5, 5.41) is 0. The molecule has 2 heteroatoms. The first kappa shape index (κ1) is 16.5. The summed E-state index contributed by atoms with van der Waals surface area (Å²) < 4.78 is 0. The van der Waals surface area contributed by atoms with Crippen molar-refractivity contribution in [3.8, 4) is 0 Å². The van der Waals surface area contributed by atoms with Crippen LogP contribution < -0.4 is 12.4 Å². The van der Waals surface area contributed by atoms with Gasteiger partial charge in [0.25, 0.3) is 0 Å². The third-order valence-corrected chi connectivity index (χ3v) is 0.577. The molecule has 0 aliphatic carbocycles. The van der Waals surface area contributed by atoms with Gasteiger partial charge in [-0.3, -0.25) is 0 Å². The molecule has 0 saturated carbocycles. The summed E-state index contributed by atoms with van der Waals surface area (Å²) in [6.07, 6.45) is 5.05. The number of hydrogen-bond donors (Lipinski definition) is 0. The van der Waals surface area contributed by atoms with E-state index in [0.29, 0.717) is 5.41 Å². The van der Waals surface area contributed by atoms with Gasteiger partial charge in [-0.15, -0.1) is 0 Å². The van der Waals surface area contributed by atoms with Crippen LogP contribution in [0.15, 0.2) is 6.08 Å². The number of rotatable bonds is 0. The first-order valence-electron chi connectivity index (χ1n) is 2.58. The van der Waals surface area contributed by atoms with Gasteiger partial charge >= 0.3 is 27.7 Å². The molecule has 0 heterocycles. The van der Waals surface area contributed by atoms with Gasteiger partial charge in [0.1, 0.15) is 0 Å². The van der Waals surface area contributed by atoms with E-state index in [4.69, 9.17) is 0 Å². The van der Waals surface area contributed by atoms with Crippen LogP contribution in [0.3, 0.4) is 0 Å². The van der Waals surface area contributed by atoms with Crippen LogP contribution in [-0.4, -0.2) is 0 Å². The topological polar surface area (TPSA) is 0 Å². The Balaban J connectivity index is -0.000000180. The molecule has 0 fully saturated rings. The average Bonchev–Trinajstić information content (AvgIpc) is 1.30. The summed E-state index contributed by atoms with van der Waals surface area (Å²) in [5.74, 6) is 0. The number of hydrogen-bond acceptors (Lipinski definition) is 0. The van der Waals surface area contributed by atoms with E-state index in [0.717, 1.165) is 0 Å². The second-order valence-corrected chi connectivity index (χ2v) is 2.80. The third kappa shape index (κ3) is 17.6. The minimum Gasteiger partial charge on any atom is -1.00 e. The van der Waals surface area contributed by atoms with Crippen LogP contribution in [-0.2, 0) is 27.7 Å². The van der Waals surface area contributed by atoms with Gasteiger partial charge in [-0.05, 0) is 12.3 Å². The van der Waals surface area contributed by atoms with Gasteiger partial charge in [-0.1, -0.05) is 32.9 Å². The standard InChI is InChI=1S/C7H13.ClH.Hg/c1-5-6-7(2,3)4;;/h6H,1-4H3;1H;/q;;+1/p-1. The van der Waals surface area contributed by atoms with Crippen molar-refractivity contribution in [2.24, 2.45) is 5.41 Å². The summed E-state index contributed by atoms with van der Waals surface area (Å²) in [7, 11) is 0. The molecule has 0 atom stereocenters. The van der Waals surface area contributed by atoms with Crippen molar-refractivity contribution in [2.45, 2.75) is 27.7 Å². The molecule has 0 aromatic heterocycles. The van der Waals surface area contributed by atoms with Crippen molar-refractivity contribution in [1.29, 1.82) is 0 Å². The maximum Gasteiger partial charge on any atom is 1.00 e. The van der Waals surface area contributed by atoms with Gasteiger partial charge in [0, 0.05) is 0 Å². The van der Waals surface area contributed by atoms with Crippen LogP contribution in [0.1, 0.15) is 27.7 Å². The minimum atomic E-state index is 0.